The van der Waals surface area contributed by atoms with E-state index in [0.29, 0.717) is 39.5 Å². The van der Waals surface area contributed by atoms with Gasteiger partial charge in [-0.15, -0.1) is 0 Å². The molecule has 0 aliphatic carbocycles. The number of likely N-dealkylation sites (tertiary alicyclic amines) is 1. The van der Waals surface area contributed by atoms with Crippen LogP contribution in [-0.2, 0) is 19.0 Å². The lowest BCUT2D eigenvalue weighted by molar-refractivity contribution is -0.189. The van der Waals surface area contributed by atoms with Crippen LogP contribution in [0.2, 0.25) is 0 Å². The van der Waals surface area contributed by atoms with Crippen LogP contribution in [0.15, 0.2) is 0 Å². The molecular formula is C12H22N2O4. The zero-order valence-corrected chi connectivity index (χ0v) is 10.9. The number of nitrogens with one attached hydrogen (secondary N) is 1. The molecule has 1 N–H and O–H groups in total. The molecule has 2 aliphatic heterocycles. The fourth-order valence-corrected chi connectivity index (χ4v) is 2.49. The van der Waals surface area contributed by atoms with Crippen molar-refractivity contribution < 1.29 is 19.0 Å². The fraction of sp³-hybridized carbons (Fsp3) is 0.917. The summed E-state index contributed by atoms with van der Waals surface area (Å²) in [7, 11) is 1.62. The van der Waals surface area contributed by atoms with Crippen molar-refractivity contribution in [3.63, 3.8) is 0 Å². The molecule has 2 heterocycles. The zero-order chi connectivity index (χ0) is 12.8. The Balaban J connectivity index is 1.73. The molecule has 0 radical (unpaired) electrons. The van der Waals surface area contributed by atoms with Crippen molar-refractivity contribution in [1.29, 1.82) is 0 Å². The fourth-order valence-electron chi connectivity index (χ4n) is 2.49. The van der Waals surface area contributed by atoms with Crippen LogP contribution in [0, 0.1) is 0 Å². The Labute approximate surface area is 108 Å². The molecular weight excluding hydrogens is 236 g/mol. The molecule has 0 saturated carbocycles. The van der Waals surface area contributed by atoms with Gasteiger partial charge in [-0.05, 0) is 13.0 Å². The molecule has 2 aliphatic rings. The summed E-state index contributed by atoms with van der Waals surface area (Å²) in [6, 6.07) is 0. The molecule has 18 heavy (non-hydrogen) atoms. The van der Waals surface area contributed by atoms with Gasteiger partial charge in [0.2, 0.25) is 5.91 Å². The number of methoxy groups -OCH3 is 1. The number of carbonyl (C=O) groups excluding carboxylic acids is 1. The standard InChI is InChI=1S/C12H22N2O4/c1-16-6-4-13-11(15)9-14-5-2-3-12(10-14)17-7-8-18-12/h2-10H2,1H3,(H,13,15). The minimum Gasteiger partial charge on any atom is -0.383 e. The SMILES string of the molecule is COCCNC(=O)CN1CCCC2(C1)OCCO2. The molecule has 1 amide bonds. The van der Waals surface area contributed by atoms with Crippen LogP contribution in [0.5, 0.6) is 0 Å². The van der Waals surface area contributed by atoms with Gasteiger partial charge in [-0.2, -0.15) is 0 Å². The van der Waals surface area contributed by atoms with Crippen LogP contribution >= 0.6 is 0 Å². The lowest BCUT2D eigenvalue weighted by Gasteiger charge is -2.38. The highest BCUT2D eigenvalue weighted by molar-refractivity contribution is 5.78. The molecule has 0 unspecified atom stereocenters. The van der Waals surface area contributed by atoms with Gasteiger partial charge in [0.15, 0.2) is 5.79 Å². The maximum Gasteiger partial charge on any atom is 0.234 e. The number of ether oxygens (including phenoxy) is 3. The highest BCUT2D eigenvalue weighted by Gasteiger charge is 2.40. The van der Waals surface area contributed by atoms with Gasteiger partial charge in [0.05, 0.1) is 32.9 Å². The van der Waals surface area contributed by atoms with Crippen LogP contribution in [0.4, 0.5) is 0 Å². The number of hydrogen-bond acceptors (Lipinski definition) is 5. The minimum atomic E-state index is -0.453. The Bertz CT molecular complexity index is 279. The van der Waals surface area contributed by atoms with E-state index in [4.69, 9.17) is 14.2 Å². The molecule has 2 rings (SSSR count). The summed E-state index contributed by atoms with van der Waals surface area (Å²) in [6.07, 6.45) is 1.93. The Hall–Kier alpha value is -0.690. The van der Waals surface area contributed by atoms with Crippen molar-refractivity contribution in [2.75, 3.05) is 53.1 Å². The van der Waals surface area contributed by atoms with E-state index < -0.39 is 5.79 Å². The van der Waals surface area contributed by atoms with Crippen molar-refractivity contribution in [1.82, 2.24) is 10.2 Å². The highest BCUT2D eigenvalue weighted by Crippen LogP contribution is 2.29. The summed E-state index contributed by atoms with van der Waals surface area (Å²) in [4.78, 5) is 13.8. The highest BCUT2D eigenvalue weighted by atomic mass is 16.7. The van der Waals surface area contributed by atoms with Crippen molar-refractivity contribution in [2.45, 2.75) is 18.6 Å². The van der Waals surface area contributed by atoms with E-state index in [9.17, 15) is 4.79 Å². The van der Waals surface area contributed by atoms with E-state index in [1.54, 1.807) is 7.11 Å². The second kappa shape index (κ2) is 6.47. The van der Waals surface area contributed by atoms with Gasteiger partial charge in [-0.25, -0.2) is 0 Å². The summed E-state index contributed by atoms with van der Waals surface area (Å²) in [6.45, 7) is 4.43. The first-order chi connectivity index (χ1) is 8.74. The van der Waals surface area contributed by atoms with E-state index >= 15 is 0 Å². The van der Waals surface area contributed by atoms with Crippen LogP contribution in [-0.4, -0.2) is 69.7 Å². The zero-order valence-electron chi connectivity index (χ0n) is 10.9. The third-order valence-electron chi connectivity index (χ3n) is 3.31. The minimum absolute atomic E-state index is 0.0297. The largest absolute Gasteiger partial charge is 0.383 e. The molecule has 1 spiro atoms. The van der Waals surface area contributed by atoms with Crippen LogP contribution < -0.4 is 5.32 Å². The maximum atomic E-state index is 11.7. The van der Waals surface area contributed by atoms with Gasteiger partial charge in [0.1, 0.15) is 0 Å². The van der Waals surface area contributed by atoms with Gasteiger partial charge in [-0.1, -0.05) is 0 Å². The quantitative estimate of drug-likeness (QED) is 0.679. The number of nitrogens with zero attached hydrogens (tertiary/aromatic N) is 1. The first-order valence-electron chi connectivity index (χ1n) is 6.50. The topological polar surface area (TPSA) is 60.0 Å². The summed E-state index contributed by atoms with van der Waals surface area (Å²) in [5.41, 5.74) is 0. The third kappa shape index (κ3) is 3.65. The van der Waals surface area contributed by atoms with Gasteiger partial charge < -0.3 is 19.5 Å². The lowest BCUT2D eigenvalue weighted by Crippen LogP contribution is -2.51. The van der Waals surface area contributed by atoms with Gasteiger partial charge in [0.25, 0.3) is 0 Å². The van der Waals surface area contributed by atoms with Crippen LogP contribution in [0.1, 0.15) is 12.8 Å². The molecule has 0 aromatic rings. The third-order valence-corrected chi connectivity index (χ3v) is 3.31. The maximum absolute atomic E-state index is 11.7. The average molecular weight is 258 g/mol. The molecule has 104 valence electrons. The second-order valence-corrected chi connectivity index (χ2v) is 4.76. The molecule has 2 fully saturated rings. The predicted octanol–water partition coefficient (Wildman–Crippen LogP) is -0.412. The Morgan fingerprint density at radius 3 is 2.94 bits per heavy atom. The van der Waals surface area contributed by atoms with Crippen molar-refractivity contribution in [3.8, 4) is 0 Å². The van der Waals surface area contributed by atoms with E-state index in [-0.39, 0.29) is 5.91 Å². The lowest BCUT2D eigenvalue weighted by atomic mass is 10.0. The van der Waals surface area contributed by atoms with E-state index in [0.717, 1.165) is 19.4 Å². The van der Waals surface area contributed by atoms with Crippen molar-refractivity contribution in [2.24, 2.45) is 0 Å². The first kappa shape index (κ1) is 13.7. The summed E-state index contributed by atoms with van der Waals surface area (Å²) in [5.74, 6) is -0.424. The number of carbonyl (C=O) groups is 1. The number of hydrogen-bond donors (Lipinski definition) is 1. The molecule has 0 bridgehead atoms. The Kier molecular flexibility index (Phi) is 4.94. The second-order valence-electron chi connectivity index (χ2n) is 4.76. The first-order valence-corrected chi connectivity index (χ1v) is 6.50. The molecule has 0 aromatic heterocycles. The Morgan fingerprint density at radius 2 is 2.22 bits per heavy atom. The molecule has 2 saturated heterocycles. The molecule has 0 aromatic carbocycles. The molecule has 6 nitrogen and oxygen atoms in total. The van der Waals surface area contributed by atoms with Crippen molar-refractivity contribution in [3.05, 3.63) is 0 Å². The van der Waals surface area contributed by atoms with E-state index in [2.05, 4.69) is 10.2 Å². The number of rotatable bonds is 5. The van der Waals surface area contributed by atoms with E-state index in [1.165, 1.54) is 0 Å². The number of piperidine rings is 1. The normalized spacial score (nSPS) is 23.4. The molecule has 6 heteroatoms. The molecule has 0 atom stereocenters. The van der Waals surface area contributed by atoms with Crippen LogP contribution in [0.25, 0.3) is 0 Å². The summed E-state index contributed by atoms with van der Waals surface area (Å²) < 4.78 is 16.2. The van der Waals surface area contributed by atoms with Crippen LogP contribution in [0.3, 0.4) is 0 Å². The smallest absolute Gasteiger partial charge is 0.234 e. The van der Waals surface area contributed by atoms with Gasteiger partial charge in [0, 0.05) is 20.1 Å². The number of amides is 1. The predicted molar refractivity (Wildman–Crippen MR) is 65.2 cm³/mol. The van der Waals surface area contributed by atoms with E-state index in [1.807, 2.05) is 0 Å². The average Bonchev–Trinajstić information content (AvgIpc) is 2.77. The van der Waals surface area contributed by atoms with Gasteiger partial charge >= 0.3 is 0 Å². The monoisotopic (exact) mass is 258 g/mol. The Morgan fingerprint density at radius 1 is 1.44 bits per heavy atom. The van der Waals surface area contributed by atoms with Crippen molar-refractivity contribution >= 4 is 5.91 Å². The van der Waals surface area contributed by atoms with Gasteiger partial charge in [-0.3, -0.25) is 9.69 Å². The summed E-state index contributed by atoms with van der Waals surface area (Å²) in [5, 5.41) is 2.82. The summed E-state index contributed by atoms with van der Waals surface area (Å²) >= 11 is 0.